The van der Waals surface area contributed by atoms with Gasteiger partial charge in [-0.2, -0.15) is 0 Å². The van der Waals surface area contributed by atoms with Gasteiger partial charge in [0.05, 0.1) is 10.7 Å². The van der Waals surface area contributed by atoms with Crippen LogP contribution in [0.5, 0.6) is 5.75 Å². The number of nitrogens with one attached hydrogen (secondary N) is 2. The smallest absolute Gasteiger partial charge is 0.335 e. The number of carbonyl (C=O) groups excluding carboxylic acids is 4. The number of hydrogen-bond donors (Lipinski definition) is 2. The van der Waals surface area contributed by atoms with E-state index in [1.54, 1.807) is 43.3 Å². The van der Waals surface area contributed by atoms with Gasteiger partial charge in [-0.1, -0.05) is 53.0 Å². The van der Waals surface area contributed by atoms with Crippen molar-refractivity contribution in [1.82, 2.24) is 5.32 Å². The van der Waals surface area contributed by atoms with Gasteiger partial charge in [0.1, 0.15) is 11.3 Å². The Labute approximate surface area is 233 Å². The van der Waals surface area contributed by atoms with Gasteiger partial charge in [-0.15, -0.1) is 0 Å². The van der Waals surface area contributed by atoms with Crippen molar-refractivity contribution in [2.75, 3.05) is 16.8 Å². The number of nitrogens with zero attached hydrogens (tertiary/aromatic N) is 1. The molecule has 1 aliphatic heterocycles. The molecule has 194 valence electrons. The Balaban J connectivity index is 1.49. The fourth-order valence-corrected chi connectivity index (χ4v) is 4.19. The molecule has 3 aromatic carbocycles. The zero-order valence-corrected chi connectivity index (χ0v) is 22.4. The van der Waals surface area contributed by atoms with Crippen molar-refractivity contribution in [2.45, 2.75) is 13.8 Å². The fraction of sp³-hybridized carbons (Fsp3) is 0.111. The second kappa shape index (κ2) is 11.3. The zero-order chi connectivity index (χ0) is 27.6. The number of rotatable bonds is 6. The SMILES string of the molecule is Cc1ccc(NC(=O)COc2ccc(/C=C3\C(=O)NC(=O)N(c4cc(Cl)ccc4C)C3=O)cc2Cl)cc1Cl. The molecule has 4 rings (SSSR count). The highest BCUT2D eigenvalue weighted by Crippen LogP contribution is 2.30. The summed E-state index contributed by atoms with van der Waals surface area (Å²) in [7, 11) is 0. The van der Waals surface area contributed by atoms with Crippen molar-refractivity contribution in [3.8, 4) is 5.75 Å². The van der Waals surface area contributed by atoms with Gasteiger partial charge in [-0.25, -0.2) is 9.69 Å². The first-order valence-electron chi connectivity index (χ1n) is 11.2. The molecule has 3 aromatic rings. The van der Waals surface area contributed by atoms with Crippen LogP contribution >= 0.6 is 34.8 Å². The van der Waals surface area contributed by atoms with E-state index >= 15 is 0 Å². The standard InChI is InChI=1S/C27H20Cl3N3O5/c1-14-4-7-18(12-20(14)29)31-24(34)13-38-23-8-5-16(10-21(23)30)9-19-25(35)32-27(37)33(26(19)36)22-11-17(28)6-3-15(22)2/h3-12H,13H2,1-2H3,(H,31,34)(H,32,35,37)/b19-9+. The predicted octanol–water partition coefficient (Wildman–Crippen LogP) is 5.95. The molecular weight excluding hydrogens is 553 g/mol. The summed E-state index contributed by atoms with van der Waals surface area (Å²) < 4.78 is 5.52. The number of carbonyl (C=O) groups is 4. The number of imide groups is 2. The van der Waals surface area contributed by atoms with E-state index in [-0.39, 0.29) is 28.6 Å². The second-order valence-electron chi connectivity index (χ2n) is 8.38. The minimum atomic E-state index is -0.879. The predicted molar refractivity (Wildman–Crippen MR) is 147 cm³/mol. The van der Waals surface area contributed by atoms with E-state index < -0.39 is 23.8 Å². The molecule has 5 amide bonds. The third kappa shape index (κ3) is 5.99. The molecule has 11 heteroatoms. The summed E-state index contributed by atoms with van der Waals surface area (Å²) >= 11 is 18.4. The highest BCUT2D eigenvalue weighted by atomic mass is 35.5. The summed E-state index contributed by atoms with van der Waals surface area (Å²) in [5.41, 5.74) is 2.41. The Morgan fingerprint density at radius 3 is 2.39 bits per heavy atom. The lowest BCUT2D eigenvalue weighted by Gasteiger charge is -2.27. The van der Waals surface area contributed by atoms with Crippen molar-refractivity contribution in [3.63, 3.8) is 0 Å². The first kappa shape index (κ1) is 27.2. The molecule has 0 spiro atoms. The van der Waals surface area contributed by atoms with Gasteiger partial charge in [-0.05, 0) is 73.0 Å². The topological polar surface area (TPSA) is 105 Å². The number of amides is 5. The largest absolute Gasteiger partial charge is 0.482 e. The molecule has 0 atom stereocenters. The molecule has 0 unspecified atom stereocenters. The molecule has 1 saturated heterocycles. The Morgan fingerprint density at radius 2 is 1.68 bits per heavy atom. The van der Waals surface area contributed by atoms with E-state index in [1.807, 2.05) is 6.92 Å². The summed E-state index contributed by atoms with van der Waals surface area (Å²) in [6.45, 7) is 3.24. The third-order valence-corrected chi connectivity index (χ3v) is 6.53. The quantitative estimate of drug-likeness (QED) is 0.281. The van der Waals surface area contributed by atoms with Crippen LogP contribution in [0, 0.1) is 13.8 Å². The number of aryl methyl sites for hydroxylation is 2. The first-order valence-corrected chi connectivity index (χ1v) is 12.3. The Hall–Kier alpha value is -3.85. The van der Waals surface area contributed by atoms with E-state index in [0.29, 0.717) is 26.9 Å². The highest BCUT2D eigenvalue weighted by Gasteiger charge is 2.37. The number of urea groups is 1. The highest BCUT2D eigenvalue weighted by molar-refractivity contribution is 6.40. The molecule has 0 radical (unpaired) electrons. The third-order valence-electron chi connectivity index (χ3n) is 5.60. The van der Waals surface area contributed by atoms with Gasteiger partial charge >= 0.3 is 6.03 Å². The molecular formula is C27H20Cl3N3O5. The van der Waals surface area contributed by atoms with Crippen LogP contribution in [0.4, 0.5) is 16.2 Å². The van der Waals surface area contributed by atoms with E-state index in [1.165, 1.54) is 24.3 Å². The van der Waals surface area contributed by atoms with E-state index in [2.05, 4.69) is 10.6 Å². The second-order valence-corrected chi connectivity index (χ2v) is 9.63. The summed E-state index contributed by atoms with van der Waals surface area (Å²) in [6.07, 6.45) is 1.31. The monoisotopic (exact) mass is 571 g/mol. The molecule has 0 bridgehead atoms. The van der Waals surface area contributed by atoms with Crippen LogP contribution in [0.1, 0.15) is 16.7 Å². The van der Waals surface area contributed by atoms with Gasteiger partial charge in [0, 0.05) is 15.7 Å². The number of hydrogen-bond acceptors (Lipinski definition) is 5. The van der Waals surface area contributed by atoms with Gasteiger partial charge in [0.25, 0.3) is 17.7 Å². The number of barbiturate groups is 1. The van der Waals surface area contributed by atoms with Crippen molar-refractivity contribution < 1.29 is 23.9 Å². The van der Waals surface area contributed by atoms with Crippen LogP contribution in [0.15, 0.2) is 60.2 Å². The summed E-state index contributed by atoms with van der Waals surface area (Å²) in [6, 6.07) is 13.5. The van der Waals surface area contributed by atoms with Crippen LogP contribution in [0.3, 0.4) is 0 Å². The minimum absolute atomic E-state index is 0.146. The van der Waals surface area contributed by atoms with Crippen LogP contribution in [-0.4, -0.2) is 30.4 Å². The molecule has 38 heavy (non-hydrogen) atoms. The number of anilines is 2. The number of benzene rings is 3. The molecule has 1 fully saturated rings. The van der Waals surface area contributed by atoms with Crippen molar-refractivity contribution in [3.05, 3.63) is 91.9 Å². The lowest BCUT2D eigenvalue weighted by Crippen LogP contribution is -2.54. The van der Waals surface area contributed by atoms with Crippen LogP contribution in [0.25, 0.3) is 6.08 Å². The minimum Gasteiger partial charge on any atom is -0.482 e. The van der Waals surface area contributed by atoms with Crippen LogP contribution in [-0.2, 0) is 14.4 Å². The van der Waals surface area contributed by atoms with E-state index in [4.69, 9.17) is 39.5 Å². The lowest BCUT2D eigenvalue weighted by atomic mass is 10.1. The lowest BCUT2D eigenvalue weighted by molar-refractivity contribution is -0.122. The number of ether oxygens (including phenoxy) is 1. The molecule has 8 nitrogen and oxygen atoms in total. The van der Waals surface area contributed by atoms with Crippen LogP contribution in [0.2, 0.25) is 15.1 Å². The van der Waals surface area contributed by atoms with Crippen molar-refractivity contribution in [1.29, 1.82) is 0 Å². The summed E-state index contributed by atoms with van der Waals surface area (Å²) in [5, 5.41) is 5.84. The molecule has 0 aromatic heterocycles. The van der Waals surface area contributed by atoms with Crippen LogP contribution < -0.4 is 20.3 Å². The normalized spacial score (nSPS) is 14.5. The van der Waals surface area contributed by atoms with Crippen molar-refractivity contribution in [2.24, 2.45) is 0 Å². The average molecular weight is 573 g/mol. The molecule has 0 saturated carbocycles. The molecule has 1 heterocycles. The zero-order valence-electron chi connectivity index (χ0n) is 20.1. The van der Waals surface area contributed by atoms with Crippen molar-refractivity contribution >= 4 is 76.0 Å². The Bertz CT molecular complexity index is 1520. The van der Waals surface area contributed by atoms with Gasteiger partial charge in [0.15, 0.2) is 6.61 Å². The van der Waals surface area contributed by atoms with E-state index in [9.17, 15) is 19.2 Å². The van der Waals surface area contributed by atoms with Gasteiger partial charge in [-0.3, -0.25) is 19.7 Å². The Kier molecular flexibility index (Phi) is 8.06. The maximum Gasteiger partial charge on any atom is 0.335 e. The Morgan fingerprint density at radius 1 is 0.947 bits per heavy atom. The summed E-state index contributed by atoms with van der Waals surface area (Å²) in [5.74, 6) is -1.86. The number of halogens is 3. The molecule has 0 aliphatic carbocycles. The summed E-state index contributed by atoms with van der Waals surface area (Å²) in [4.78, 5) is 51.2. The molecule has 1 aliphatic rings. The maximum atomic E-state index is 13.2. The first-order chi connectivity index (χ1) is 18.0. The van der Waals surface area contributed by atoms with E-state index in [0.717, 1.165) is 10.5 Å². The molecule has 2 N–H and O–H groups in total. The fourth-order valence-electron chi connectivity index (χ4n) is 3.60. The maximum absolute atomic E-state index is 13.2. The van der Waals surface area contributed by atoms with Gasteiger partial charge in [0.2, 0.25) is 0 Å². The average Bonchev–Trinajstić information content (AvgIpc) is 2.85. The van der Waals surface area contributed by atoms with Gasteiger partial charge < -0.3 is 10.1 Å².